The van der Waals surface area contributed by atoms with Crippen molar-refractivity contribution in [1.82, 2.24) is 0 Å². The second kappa shape index (κ2) is 6.15. The zero-order valence-electron chi connectivity index (χ0n) is 16.3. The Morgan fingerprint density at radius 2 is 1.85 bits per heavy atom. The largest absolute Gasteiger partial charge is 0.507 e. The average molecular weight is 362 g/mol. The molecule has 0 heterocycles. The van der Waals surface area contributed by atoms with Crippen molar-refractivity contribution in [3.63, 3.8) is 0 Å². The lowest BCUT2D eigenvalue weighted by molar-refractivity contribution is -0.00359. The third-order valence-corrected chi connectivity index (χ3v) is 6.72. The van der Waals surface area contributed by atoms with Crippen molar-refractivity contribution in [3.05, 3.63) is 16.7 Å². The molecule has 0 aromatic heterocycles. The summed E-state index contributed by atoms with van der Waals surface area (Å²) < 4.78 is 5.44. The van der Waals surface area contributed by atoms with Crippen LogP contribution < -0.4 is 4.74 Å². The van der Waals surface area contributed by atoms with E-state index in [-0.39, 0.29) is 58.9 Å². The van der Waals surface area contributed by atoms with Gasteiger partial charge >= 0.3 is 0 Å². The van der Waals surface area contributed by atoms with Crippen molar-refractivity contribution in [3.8, 4) is 17.2 Å². The smallest absolute Gasteiger partial charge is 0.167 e. The second-order valence-electron chi connectivity index (χ2n) is 8.89. The average Bonchev–Trinajstić information content (AvgIpc) is 2.57. The van der Waals surface area contributed by atoms with Gasteiger partial charge in [0.05, 0.1) is 19.3 Å². The fourth-order valence-corrected chi connectivity index (χ4v) is 5.50. The number of aliphatic hydroxyl groups excluding tert-OH is 1. The normalized spacial score (nSPS) is 27.2. The number of ether oxygens (including phenoxy) is 1. The molecule has 0 saturated heterocycles. The number of phenols is 2. The van der Waals surface area contributed by atoms with Crippen molar-refractivity contribution in [2.45, 2.75) is 64.7 Å². The number of Topliss-reactive ketones (excluding diaryl/α,β-unsaturated/α-hetero) is 1. The number of carbonyl (C=O) groups excluding carboxylic acids is 1. The van der Waals surface area contributed by atoms with Crippen LogP contribution in [0.2, 0.25) is 0 Å². The number of aromatic hydroxyl groups is 2. The summed E-state index contributed by atoms with van der Waals surface area (Å²) in [5.74, 6) is -0.381. The van der Waals surface area contributed by atoms with E-state index < -0.39 is 5.41 Å². The Labute approximate surface area is 155 Å². The highest BCUT2D eigenvalue weighted by Gasteiger charge is 2.56. The number of rotatable bonds is 3. The molecule has 5 nitrogen and oxygen atoms in total. The molecule has 0 unspecified atom stereocenters. The molecule has 1 aromatic rings. The molecule has 0 radical (unpaired) electrons. The van der Waals surface area contributed by atoms with E-state index in [1.54, 1.807) is 0 Å². The lowest BCUT2D eigenvalue weighted by Crippen LogP contribution is -2.53. The zero-order valence-corrected chi connectivity index (χ0v) is 16.3. The van der Waals surface area contributed by atoms with Gasteiger partial charge in [-0.2, -0.15) is 0 Å². The van der Waals surface area contributed by atoms with Crippen LogP contribution in [0.1, 0.15) is 80.8 Å². The Kier molecular flexibility index (Phi) is 4.50. The van der Waals surface area contributed by atoms with Crippen LogP contribution in [0.5, 0.6) is 17.2 Å². The van der Waals surface area contributed by atoms with Gasteiger partial charge in [0.2, 0.25) is 0 Å². The minimum Gasteiger partial charge on any atom is -0.507 e. The van der Waals surface area contributed by atoms with Gasteiger partial charge in [-0.15, -0.1) is 0 Å². The number of methoxy groups -OCH3 is 1. The van der Waals surface area contributed by atoms with Gasteiger partial charge in [0.15, 0.2) is 17.3 Å². The number of phenolic OH excluding ortho intramolecular Hbond substituents is 2. The van der Waals surface area contributed by atoms with Crippen LogP contribution in [0.25, 0.3) is 0 Å². The van der Waals surface area contributed by atoms with Gasteiger partial charge in [-0.25, -0.2) is 0 Å². The van der Waals surface area contributed by atoms with Crippen molar-refractivity contribution in [2.75, 3.05) is 13.7 Å². The van der Waals surface area contributed by atoms with Crippen LogP contribution in [-0.2, 0) is 5.41 Å². The van der Waals surface area contributed by atoms with E-state index in [1.807, 2.05) is 13.8 Å². The van der Waals surface area contributed by atoms with Crippen molar-refractivity contribution >= 4 is 5.78 Å². The van der Waals surface area contributed by atoms with Gasteiger partial charge in [-0.3, -0.25) is 4.79 Å². The summed E-state index contributed by atoms with van der Waals surface area (Å²) in [5.41, 5.74) is 0.122. The van der Waals surface area contributed by atoms with Gasteiger partial charge in [0.25, 0.3) is 0 Å². The molecular formula is C21H30O5. The zero-order chi connectivity index (χ0) is 19.4. The number of benzene rings is 1. The lowest BCUT2D eigenvalue weighted by Gasteiger charge is -2.54. The number of carbonyl (C=O) groups is 1. The molecule has 26 heavy (non-hydrogen) atoms. The van der Waals surface area contributed by atoms with E-state index in [9.17, 15) is 20.1 Å². The molecule has 1 aromatic carbocycles. The minimum atomic E-state index is -0.741. The maximum absolute atomic E-state index is 13.0. The highest BCUT2D eigenvalue weighted by molar-refractivity contribution is 6.04. The first-order valence-electron chi connectivity index (χ1n) is 9.42. The molecule has 1 fully saturated rings. The third kappa shape index (κ3) is 2.36. The summed E-state index contributed by atoms with van der Waals surface area (Å²) in [6.07, 6.45) is 2.81. The molecule has 0 bridgehead atoms. The van der Waals surface area contributed by atoms with Crippen LogP contribution in [0.15, 0.2) is 0 Å². The fourth-order valence-electron chi connectivity index (χ4n) is 5.50. The maximum Gasteiger partial charge on any atom is 0.167 e. The minimum absolute atomic E-state index is 0.0892. The molecule has 2 aliphatic carbocycles. The number of hydrogen-bond acceptors (Lipinski definition) is 5. The first-order valence-corrected chi connectivity index (χ1v) is 9.42. The van der Waals surface area contributed by atoms with E-state index in [0.29, 0.717) is 17.5 Å². The van der Waals surface area contributed by atoms with Crippen molar-refractivity contribution in [1.29, 1.82) is 0 Å². The molecule has 3 rings (SSSR count). The predicted octanol–water partition coefficient (Wildman–Crippen LogP) is 3.87. The van der Waals surface area contributed by atoms with Gasteiger partial charge in [-0.05, 0) is 30.1 Å². The summed E-state index contributed by atoms with van der Waals surface area (Å²) in [6.45, 7) is 7.83. The SMILES string of the molecule is COc1c(O)c2c(c(O)c1C(C)C)C(=O)C[C@@H]1C(C)(C)CCC[C@]21CO. The van der Waals surface area contributed by atoms with Crippen LogP contribution >= 0.6 is 0 Å². The first kappa shape index (κ1) is 19.0. The van der Waals surface area contributed by atoms with E-state index in [2.05, 4.69) is 13.8 Å². The maximum atomic E-state index is 13.0. The molecule has 5 heteroatoms. The number of fused-ring (bicyclic) bond motifs is 3. The topological polar surface area (TPSA) is 87.0 Å². The second-order valence-corrected chi connectivity index (χ2v) is 8.89. The van der Waals surface area contributed by atoms with Crippen LogP contribution in [-0.4, -0.2) is 34.8 Å². The Balaban J connectivity index is 2.41. The molecule has 144 valence electrons. The van der Waals surface area contributed by atoms with Crippen molar-refractivity contribution in [2.24, 2.45) is 11.3 Å². The summed E-state index contributed by atoms with van der Waals surface area (Å²) in [7, 11) is 1.45. The molecule has 2 atom stereocenters. The number of hydrogen-bond donors (Lipinski definition) is 3. The molecular weight excluding hydrogens is 332 g/mol. The molecule has 0 amide bonds. The summed E-state index contributed by atoms with van der Waals surface area (Å²) in [4.78, 5) is 13.0. The number of ketones is 1. The predicted molar refractivity (Wildman–Crippen MR) is 99.2 cm³/mol. The van der Waals surface area contributed by atoms with Crippen molar-refractivity contribution < 1.29 is 24.9 Å². The van der Waals surface area contributed by atoms with Gasteiger partial charge in [0.1, 0.15) is 5.75 Å². The van der Waals surface area contributed by atoms with Gasteiger partial charge < -0.3 is 20.1 Å². The highest BCUT2D eigenvalue weighted by atomic mass is 16.5. The summed E-state index contributed by atoms with van der Waals surface area (Å²) in [5, 5.41) is 32.5. The third-order valence-electron chi connectivity index (χ3n) is 6.72. The Morgan fingerprint density at radius 3 is 2.38 bits per heavy atom. The van der Waals surface area contributed by atoms with Gasteiger partial charge in [0, 0.05) is 23.0 Å². The Hall–Kier alpha value is -1.75. The van der Waals surface area contributed by atoms with E-state index in [4.69, 9.17) is 4.74 Å². The fraction of sp³-hybridized carbons (Fsp3) is 0.667. The monoisotopic (exact) mass is 362 g/mol. The van der Waals surface area contributed by atoms with E-state index >= 15 is 0 Å². The van der Waals surface area contributed by atoms with Crippen LogP contribution in [0, 0.1) is 11.3 Å². The Bertz CT molecular complexity index is 750. The lowest BCUT2D eigenvalue weighted by atomic mass is 9.49. The number of aliphatic hydroxyl groups is 1. The highest BCUT2D eigenvalue weighted by Crippen LogP contribution is 2.62. The standard InChI is InChI=1S/C21H30O5/c1-11(2)14-17(24)15-12(23)9-13-20(3,4)7-6-8-21(13,10-22)16(15)18(25)19(14)26-5/h11,13,22,24-25H,6-10H2,1-5H3/t13-,21-/m1/s1. The van der Waals surface area contributed by atoms with Crippen LogP contribution in [0.3, 0.4) is 0 Å². The van der Waals surface area contributed by atoms with Gasteiger partial charge in [-0.1, -0.05) is 34.1 Å². The van der Waals surface area contributed by atoms with Crippen LogP contribution in [0.4, 0.5) is 0 Å². The summed E-state index contributed by atoms with van der Waals surface area (Å²) in [6, 6.07) is 0. The molecule has 3 N–H and O–H groups in total. The van der Waals surface area contributed by atoms with E-state index in [1.165, 1.54) is 7.11 Å². The quantitative estimate of drug-likeness (QED) is 0.711. The Morgan fingerprint density at radius 1 is 1.19 bits per heavy atom. The summed E-state index contributed by atoms with van der Waals surface area (Å²) >= 11 is 0. The molecule has 2 aliphatic rings. The van der Waals surface area contributed by atoms with E-state index in [0.717, 1.165) is 12.8 Å². The molecule has 0 spiro atoms. The first-order chi connectivity index (χ1) is 12.1. The molecule has 0 aliphatic heterocycles. The molecule has 1 saturated carbocycles.